The minimum Gasteiger partial charge on any atom is -0.368 e. The number of nitrogen functional groups attached to an aromatic ring is 1. The summed E-state index contributed by atoms with van der Waals surface area (Å²) in [5.74, 6) is 2.36. The Hall–Kier alpha value is -3.78. The van der Waals surface area contributed by atoms with Crippen molar-refractivity contribution in [2.45, 2.75) is 69.9 Å². The molecule has 0 bridgehead atoms. The topological polar surface area (TPSA) is 97.8 Å². The van der Waals surface area contributed by atoms with Crippen LogP contribution < -0.4 is 11.1 Å². The van der Waals surface area contributed by atoms with Crippen LogP contribution in [0.4, 0.5) is 17.6 Å². The van der Waals surface area contributed by atoms with Crippen LogP contribution in [0.5, 0.6) is 0 Å². The van der Waals surface area contributed by atoms with Crippen molar-refractivity contribution in [1.82, 2.24) is 29.9 Å². The zero-order valence-corrected chi connectivity index (χ0v) is 22.2. The number of benzene rings is 2. The molecule has 0 radical (unpaired) electrons. The summed E-state index contributed by atoms with van der Waals surface area (Å²) in [7, 11) is 0. The number of nitrogens with zero attached hydrogens (tertiary/aromatic N) is 6. The van der Waals surface area contributed by atoms with Crippen LogP contribution in [0.3, 0.4) is 0 Å². The molecule has 4 aliphatic rings. The van der Waals surface area contributed by atoms with Gasteiger partial charge in [0.2, 0.25) is 11.9 Å². The van der Waals surface area contributed by atoms with E-state index in [1.165, 1.54) is 60.0 Å². The van der Waals surface area contributed by atoms with Gasteiger partial charge in [-0.25, -0.2) is 0 Å². The second kappa shape index (κ2) is 9.16. The standard InChI is InChI=1S/C31H34N8/c32-30-34-31(37-39(30)28-18-23-6-3-5-20-4-1-2-7-26(20)29(23)36-35-28)33-24-11-8-19-9-12-25(13-10-21(19)16-24)38-15-14-22-17-27(22)38/h1-2,4,7-8,11,16,18,22,25,27H,3,5-6,9-10,12-15,17H2,(H3,32,33,34,37)/t22-,25-,27+/m0/s1. The molecule has 1 aliphatic heterocycles. The van der Waals surface area contributed by atoms with Crippen molar-refractivity contribution < 1.29 is 0 Å². The average molecular weight is 519 g/mol. The first-order chi connectivity index (χ1) is 19.2. The monoisotopic (exact) mass is 518 g/mol. The largest absolute Gasteiger partial charge is 0.368 e. The number of aromatic nitrogens is 5. The zero-order chi connectivity index (χ0) is 25.9. The van der Waals surface area contributed by atoms with Gasteiger partial charge in [-0.15, -0.1) is 15.3 Å². The Morgan fingerprint density at radius 3 is 2.59 bits per heavy atom. The van der Waals surface area contributed by atoms with Gasteiger partial charge < -0.3 is 11.1 Å². The molecule has 3 N–H and O–H groups in total. The van der Waals surface area contributed by atoms with Gasteiger partial charge in [0.1, 0.15) is 0 Å². The zero-order valence-electron chi connectivity index (χ0n) is 22.2. The van der Waals surface area contributed by atoms with Crippen LogP contribution in [-0.2, 0) is 25.7 Å². The molecule has 8 nitrogen and oxygen atoms in total. The van der Waals surface area contributed by atoms with E-state index in [1.54, 1.807) is 4.68 Å². The highest BCUT2D eigenvalue weighted by Gasteiger charge is 2.48. The number of anilines is 3. The van der Waals surface area contributed by atoms with Crippen LogP contribution in [0.25, 0.3) is 17.1 Å². The minimum absolute atomic E-state index is 0.294. The number of piperidine rings is 1. The Kier molecular flexibility index (Phi) is 5.43. The summed E-state index contributed by atoms with van der Waals surface area (Å²) in [6.07, 6.45) is 10.7. The first-order valence-electron chi connectivity index (χ1n) is 14.5. The number of hydrogen-bond donors (Lipinski definition) is 2. The molecule has 8 rings (SSSR count). The maximum Gasteiger partial charge on any atom is 0.248 e. The Morgan fingerprint density at radius 2 is 1.72 bits per heavy atom. The normalized spacial score (nSPS) is 23.6. The van der Waals surface area contributed by atoms with E-state index < -0.39 is 0 Å². The van der Waals surface area contributed by atoms with Crippen LogP contribution in [0.2, 0.25) is 0 Å². The Balaban J connectivity index is 1.01. The molecule has 39 heavy (non-hydrogen) atoms. The number of likely N-dealkylation sites (tertiary alicyclic amines) is 1. The van der Waals surface area contributed by atoms with E-state index in [1.807, 2.05) is 0 Å². The molecule has 0 amide bonds. The highest BCUT2D eigenvalue weighted by molar-refractivity contribution is 5.68. The fourth-order valence-electron chi connectivity index (χ4n) is 7.24. The fourth-order valence-corrected chi connectivity index (χ4v) is 7.24. The van der Waals surface area contributed by atoms with Crippen LogP contribution in [0, 0.1) is 5.92 Å². The lowest BCUT2D eigenvalue weighted by Crippen LogP contribution is -2.35. The number of rotatable bonds is 4. The Morgan fingerprint density at radius 1 is 0.846 bits per heavy atom. The highest BCUT2D eigenvalue weighted by Crippen LogP contribution is 2.46. The third-order valence-electron chi connectivity index (χ3n) is 9.37. The Labute approximate surface area is 228 Å². The summed E-state index contributed by atoms with van der Waals surface area (Å²) < 4.78 is 1.58. The van der Waals surface area contributed by atoms with E-state index in [-0.39, 0.29) is 0 Å². The number of nitrogens with two attached hydrogens (primary N) is 1. The van der Waals surface area contributed by atoms with Crippen LogP contribution in [0.1, 0.15) is 54.4 Å². The van der Waals surface area contributed by atoms with Gasteiger partial charge in [0.25, 0.3) is 0 Å². The van der Waals surface area contributed by atoms with Gasteiger partial charge in [0.05, 0.1) is 5.69 Å². The predicted octanol–water partition coefficient (Wildman–Crippen LogP) is 4.88. The van der Waals surface area contributed by atoms with Gasteiger partial charge in [-0.3, -0.25) is 4.90 Å². The Bertz CT molecular complexity index is 1560. The molecule has 8 heteroatoms. The fraction of sp³-hybridized carbons (Fsp3) is 0.419. The molecule has 2 fully saturated rings. The summed E-state index contributed by atoms with van der Waals surface area (Å²) in [6, 6.07) is 18.8. The predicted molar refractivity (Wildman–Crippen MR) is 152 cm³/mol. The molecule has 0 spiro atoms. The van der Waals surface area contributed by atoms with Crippen molar-refractivity contribution in [3.8, 4) is 17.1 Å². The average Bonchev–Trinajstić information content (AvgIpc) is 3.60. The third kappa shape index (κ3) is 4.18. The van der Waals surface area contributed by atoms with E-state index >= 15 is 0 Å². The molecule has 4 aromatic rings. The molecular formula is C31H34N8. The lowest BCUT2D eigenvalue weighted by molar-refractivity contribution is 0.195. The van der Waals surface area contributed by atoms with Crippen LogP contribution >= 0.6 is 0 Å². The smallest absolute Gasteiger partial charge is 0.248 e. The van der Waals surface area contributed by atoms with Gasteiger partial charge in [0, 0.05) is 23.3 Å². The lowest BCUT2D eigenvalue weighted by Gasteiger charge is -2.28. The van der Waals surface area contributed by atoms with Gasteiger partial charge in [0.15, 0.2) is 5.82 Å². The number of fused-ring (bicyclic) bond motifs is 5. The number of nitrogens with one attached hydrogen (secondary N) is 1. The van der Waals surface area contributed by atoms with Gasteiger partial charge in [-0.05, 0) is 111 Å². The van der Waals surface area contributed by atoms with Crippen LogP contribution in [0.15, 0.2) is 48.5 Å². The first kappa shape index (κ1) is 23.1. The van der Waals surface area contributed by atoms with Crippen molar-refractivity contribution in [2.24, 2.45) is 5.92 Å². The number of hydrogen-bond acceptors (Lipinski definition) is 7. The SMILES string of the molecule is Nc1nc(Nc2ccc3c(c2)CC[C@@H](N2CC[C@H]4C[C@H]42)CC3)nn1-c1cc2c(nn1)-c1ccccc1CCC2. The lowest BCUT2D eigenvalue weighted by atomic mass is 10.0. The van der Waals surface area contributed by atoms with Gasteiger partial charge in [-0.2, -0.15) is 9.67 Å². The first-order valence-corrected chi connectivity index (χ1v) is 14.5. The summed E-state index contributed by atoms with van der Waals surface area (Å²) in [4.78, 5) is 7.32. The van der Waals surface area contributed by atoms with E-state index in [4.69, 9.17) is 5.73 Å². The van der Waals surface area contributed by atoms with Gasteiger partial charge >= 0.3 is 0 Å². The van der Waals surface area contributed by atoms with Crippen molar-refractivity contribution in [3.05, 3.63) is 70.8 Å². The molecule has 2 aromatic heterocycles. The summed E-state index contributed by atoms with van der Waals surface area (Å²) >= 11 is 0. The second-order valence-electron chi connectivity index (χ2n) is 11.7. The molecule has 3 atom stereocenters. The second-order valence-corrected chi connectivity index (χ2v) is 11.7. The maximum absolute atomic E-state index is 6.31. The van der Waals surface area contributed by atoms with Gasteiger partial charge in [-0.1, -0.05) is 30.3 Å². The van der Waals surface area contributed by atoms with Crippen molar-refractivity contribution in [1.29, 1.82) is 0 Å². The molecule has 1 saturated carbocycles. The molecule has 0 unspecified atom stereocenters. The summed E-state index contributed by atoms with van der Waals surface area (Å²) in [6.45, 7) is 1.31. The number of aryl methyl sites for hydroxylation is 4. The van der Waals surface area contributed by atoms with Crippen molar-refractivity contribution in [3.63, 3.8) is 0 Å². The summed E-state index contributed by atoms with van der Waals surface area (Å²) in [5, 5.41) is 17.2. The van der Waals surface area contributed by atoms with Crippen molar-refractivity contribution >= 4 is 17.6 Å². The third-order valence-corrected chi connectivity index (χ3v) is 9.37. The van der Waals surface area contributed by atoms with Crippen LogP contribution in [-0.4, -0.2) is 48.5 Å². The minimum atomic E-state index is 0.294. The quantitative estimate of drug-likeness (QED) is 0.372. The molecule has 1 saturated heterocycles. The van der Waals surface area contributed by atoms with E-state index in [9.17, 15) is 0 Å². The van der Waals surface area contributed by atoms with E-state index in [0.29, 0.717) is 17.7 Å². The van der Waals surface area contributed by atoms with Crippen molar-refractivity contribution in [2.75, 3.05) is 17.6 Å². The molecule has 3 aliphatic carbocycles. The highest BCUT2D eigenvalue weighted by atomic mass is 15.4. The summed E-state index contributed by atoms with van der Waals surface area (Å²) in [5.41, 5.74) is 14.9. The molecule has 198 valence electrons. The molecule has 2 aromatic carbocycles. The maximum atomic E-state index is 6.31. The van der Waals surface area contributed by atoms with E-state index in [2.05, 4.69) is 79.0 Å². The van der Waals surface area contributed by atoms with E-state index in [0.717, 1.165) is 61.5 Å². The molecule has 3 heterocycles. The molecular weight excluding hydrogens is 484 g/mol.